The molecule has 0 saturated carbocycles. The lowest BCUT2D eigenvalue weighted by atomic mass is 9.91. The van der Waals surface area contributed by atoms with E-state index in [9.17, 15) is 8.42 Å². The van der Waals surface area contributed by atoms with Crippen molar-refractivity contribution in [3.63, 3.8) is 0 Å². The van der Waals surface area contributed by atoms with Gasteiger partial charge in [-0.3, -0.25) is 4.98 Å². The second-order valence-electron chi connectivity index (χ2n) is 8.86. The molecule has 0 N–H and O–H groups in total. The van der Waals surface area contributed by atoms with Gasteiger partial charge in [-0.15, -0.1) is 0 Å². The summed E-state index contributed by atoms with van der Waals surface area (Å²) in [6.07, 6.45) is 2.61. The zero-order chi connectivity index (χ0) is 23.0. The topological polar surface area (TPSA) is 68.7 Å². The molecular weight excluding hydrogens is 424 g/mol. The summed E-state index contributed by atoms with van der Waals surface area (Å²) in [5.74, 6) is 2.02. The van der Waals surface area contributed by atoms with Crippen LogP contribution < -0.4 is 14.4 Å². The number of methoxy groups -OCH3 is 2. The summed E-state index contributed by atoms with van der Waals surface area (Å²) in [6, 6.07) is 10.6. The maximum atomic E-state index is 13.8. The van der Waals surface area contributed by atoms with E-state index in [0.29, 0.717) is 34.5 Å². The van der Waals surface area contributed by atoms with Crippen molar-refractivity contribution in [3.05, 3.63) is 48.2 Å². The lowest BCUT2D eigenvalue weighted by Crippen LogP contribution is -2.39. The third-order valence-electron chi connectivity index (χ3n) is 6.12. The summed E-state index contributed by atoms with van der Waals surface area (Å²) in [4.78, 5) is 7.22. The molecule has 2 heterocycles. The number of aromatic nitrogens is 1. The van der Waals surface area contributed by atoms with Crippen LogP contribution in [0.2, 0.25) is 0 Å². The van der Waals surface area contributed by atoms with Crippen LogP contribution in [0.4, 0.5) is 5.69 Å². The van der Waals surface area contributed by atoms with E-state index in [2.05, 4.69) is 23.7 Å². The van der Waals surface area contributed by atoms with Gasteiger partial charge in [-0.05, 0) is 43.4 Å². The van der Waals surface area contributed by atoms with Crippen molar-refractivity contribution in [3.8, 4) is 11.5 Å². The zero-order valence-corrected chi connectivity index (χ0v) is 20.1. The van der Waals surface area contributed by atoms with Crippen molar-refractivity contribution >= 4 is 26.4 Å². The Morgan fingerprint density at radius 2 is 1.56 bits per heavy atom. The van der Waals surface area contributed by atoms with E-state index in [1.54, 1.807) is 32.4 Å². The quantitative estimate of drug-likeness (QED) is 0.548. The normalized spacial score (nSPS) is 19.2. The average Bonchev–Trinajstić information content (AvgIpc) is 2.76. The fraction of sp³-hybridized carbons (Fsp3) is 0.400. The SMILES string of the molecule is COc1cc2ncc(S(=O)(=O)c3ccc(C)cc3)c(N3C[C@@H](C)C[C@H](C)C3)c2cc1OC. The van der Waals surface area contributed by atoms with Gasteiger partial charge in [0.1, 0.15) is 4.90 Å². The first-order valence-corrected chi connectivity index (χ1v) is 12.3. The van der Waals surface area contributed by atoms with Crippen molar-refractivity contribution in [1.82, 2.24) is 4.98 Å². The molecule has 2 aromatic carbocycles. The van der Waals surface area contributed by atoms with Gasteiger partial charge in [-0.1, -0.05) is 31.5 Å². The van der Waals surface area contributed by atoms with Gasteiger partial charge < -0.3 is 14.4 Å². The Labute approximate surface area is 190 Å². The minimum absolute atomic E-state index is 0.224. The predicted octanol–water partition coefficient (Wildman–Crippen LogP) is 4.88. The molecule has 1 aromatic heterocycles. The molecule has 4 rings (SSSR count). The lowest BCUT2D eigenvalue weighted by molar-refractivity contribution is 0.354. The molecule has 32 heavy (non-hydrogen) atoms. The predicted molar refractivity (Wildman–Crippen MR) is 127 cm³/mol. The lowest BCUT2D eigenvalue weighted by Gasteiger charge is -2.38. The molecule has 170 valence electrons. The molecule has 2 atom stereocenters. The molecular formula is C25H30N2O4S. The number of nitrogens with zero attached hydrogens (tertiary/aromatic N) is 2. The number of aryl methyl sites for hydroxylation is 1. The minimum atomic E-state index is -3.77. The Morgan fingerprint density at radius 3 is 2.16 bits per heavy atom. The maximum Gasteiger partial charge on any atom is 0.210 e. The van der Waals surface area contributed by atoms with E-state index in [1.807, 2.05) is 25.1 Å². The summed E-state index contributed by atoms with van der Waals surface area (Å²) in [5.41, 5.74) is 2.37. The van der Waals surface area contributed by atoms with E-state index in [4.69, 9.17) is 9.47 Å². The van der Waals surface area contributed by atoms with Gasteiger partial charge in [0.05, 0.1) is 30.3 Å². The van der Waals surface area contributed by atoms with E-state index < -0.39 is 9.84 Å². The molecule has 1 aliphatic heterocycles. The van der Waals surface area contributed by atoms with Crippen molar-refractivity contribution < 1.29 is 17.9 Å². The molecule has 0 amide bonds. The first-order chi connectivity index (χ1) is 15.2. The average molecular weight is 455 g/mol. The number of piperidine rings is 1. The number of anilines is 1. The van der Waals surface area contributed by atoms with Gasteiger partial charge in [0.15, 0.2) is 11.5 Å². The molecule has 1 aliphatic rings. The Bertz CT molecular complexity index is 1230. The zero-order valence-electron chi connectivity index (χ0n) is 19.3. The van der Waals surface area contributed by atoms with E-state index >= 15 is 0 Å². The highest BCUT2D eigenvalue weighted by Gasteiger charge is 2.31. The Morgan fingerprint density at radius 1 is 0.969 bits per heavy atom. The van der Waals surface area contributed by atoms with Gasteiger partial charge in [0.2, 0.25) is 9.84 Å². The van der Waals surface area contributed by atoms with Crippen LogP contribution in [0.25, 0.3) is 10.9 Å². The summed E-state index contributed by atoms with van der Waals surface area (Å²) in [6.45, 7) is 7.94. The number of pyridine rings is 1. The van der Waals surface area contributed by atoms with Crippen molar-refractivity contribution in [2.75, 3.05) is 32.2 Å². The van der Waals surface area contributed by atoms with Gasteiger partial charge in [0.25, 0.3) is 0 Å². The Balaban J connectivity index is 2.01. The molecule has 1 fully saturated rings. The van der Waals surface area contributed by atoms with Crippen molar-refractivity contribution in [2.24, 2.45) is 11.8 Å². The van der Waals surface area contributed by atoms with Crippen LogP contribution in [-0.4, -0.2) is 40.7 Å². The summed E-state index contributed by atoms with van der Waals surface area (Å²) in [5, 5.41) is 0.747. The first kappa shape index (κ1) is 22.4. The third-order valence-corrected chi connectivity index (χ3v) is 7.89. The summed E-state index contributed by atoms with van der Waals surface area (Å²) >= 11 is 0. The first-order valence-electron chi connectivity index (χ1n) is 10.9. The van der Waals surface area contributed by atoms with Gasteiger partial charge in [-0.2, -0.15) is 0 Å². The van der Waals surface area contributed by atoms with Crippen LogP contribution in [0.15, 0.2) is 52.4 Å². The molecule has 0 bridgehead atoms. The molecule has 0 spiro atoms. The highest BCUT2D eigenvalue weighted by atomic mass is 32.2. The highest BCUT2D eigenvalue weighted by Crippen LogP contribution is 2.42. The second-order valence-corrected chi connectivity index (χ2v) is 10.8. The molecule has 3 aromatic rings. The van der Waals surface area contributed by atoms with Gasteiger partial charge in [0, 0.05) is 30.7 Å². The van der Waals surface area contributed by atoms with Crippen LogP contribution in [0, 0.1) is 18.8 Å². The van der Waals surface area contributed by atoms with Crippen LogP contribution in [0.5, 0.6) is 11.5 Å². The van der Waals surface area contributed by atoms with Crippen molar-refractivity contribution in [1.29, 1.82) is 0 Å². The number of hydrogen-bond acceptors (Lipinski definition) is 6. The number of sulfone groups is 1. The summed E-state index contributed by atoms with van der Waals surface area (Å²) in [7, 11) is -0.617. The fourth-order valence-corrected chi connectivity index (χ4v) is 6.13. The number of benzene rings is 2. The van der Waals surface area contributed by atoms with Crippen LogP contribution in [0.3, 0.4) is 0 Å². The van der Waals surface area contributed by atoms with Gasteiger partial charge >= 0.3 is 0 Å². The Hall–Kier alpha value is -2.80. The monoisotopic (exact) mass is 454 g/mol. The van der Waals surface area contributed by atoms with E-state index in [0.717, 1.165) is 30.5 Å². The smallest absolute Gasteiger partial charge is 0.210 e. The molecule has 0 aliphatic carbocycles. The molecule has 6 nitrogen and oxygen atoms in total. The number of ether oxygens (including phenoxy) is 2. The second kappa shape index (κ2) is 8.62. The highest BCUT2D eigenvalue weighted by molar-refractivity contribution is 7.91. The fourth-order valence-electron chi connectivity index (χ4n) is 4.70. The third kappa shape index (κ3) is 4.01. The standard InChI is InChI=1S/C25H30N2O4S/c1-16-6-8-19(9-7-16)32(28,29)24-13-26-21-12-23(31-5)22(30-4)11-20(21)25(24)27-14-17(2)10-18(3)15-27/h6-9,11-13,17-18H,10,14-15H2,1-5H3/t17-,18-/m0/s1. The minimum Gasteiger partial charge on any atom is -0.493 e. The maximum absolute atomic E-state index is 13.8. The van der Waals surface area contributed by atoms with Crippen molar-refractivity contribution in [2.45, 2.75) is 37.0 Å². The number of hydrogen-bond donors (Lipinski definition) is 0. The van der Waals surface area contributed by atoms with Gasteiger partial charge in [-0.25, -0.2) is 8.42 Å². The molecule has 1 saturated heterocycles. The van der Waals surface area contributed by atoms with Crippen LogP contribution >= 0.6 is 0 Å². The largest absolute Gasteiger partial charge is 0.493 e. The van der Waals surface area contributed by atoms with E-state index in [1.165, 1.54) is 6.20 Å². The molecule has 0 unspecified atom stereocenters. The number of fused-ring (bicyclic) bond motifs is 1. The van der Waals surface area contributed by atoms with Crippen LogP contribution in [0.1, 0.15) is 25.8 Å². The summed E-state index contributed by atoms with van der Waals surface area (Å²) < 4.78 is 38.5. The molecule has 7 heteroatoms. The Kier molecular flexibility index (Phi) is 6.03. The number of rotatable bonds is 5. The molecule has 0 radical (unpaired) electrons. The van der Waals surface area contributed by atoms with E-state index in [-0.39, 0.29) is 9.79 Å². The van der Waals surface area contributed by atoms with Crippen LogP contribution in [-0.2, 0) is 9.84 Å².